The molecule has 1 aromatic heterocycles. The Balaban J connectivity index is 1.21. The molecule has 36 heavy (non-hydrogen) atoms. The Morgan fingerprint density at radius 2 is 1.75 bits per heavy atom. The van der Waals surface area contributed by atoms with Gasteiger partial charge in [-0.25, -0.2) is 14.8 Å². The van der Waals surface area contributed by atoms with Crippen LogP contribution in [-0.4, -0.2) is 58.1 Å². The van der Waals surface area contributed by atoms with Crippen molar-refractivity contribution in [2.45, 2.75) is 64.5 Å². The van der Waals surface area contributed by atoms with Gasteiger partial charge in [0, 0.05) is 36.6 Å². The van der Waals surface area contributed by atoms with Crippen molar-refractivity contribution in [3.8, 4) is 5.75 Å². The number of rotatable bonds is 6. The van der Waals surface area contributed by atoms with Crippen molar-refractivity contribution in [2.24, 2.45) is 0 Å². The van der Waals surface area contributed by atoms with E-state index in [0.29, 0.717) is 19.0 Å². The predicted octanol–water partition coefficient (Wildman–Crippen LogP) is 5.81. The molecule has 1 N–H and O–H groups in total. The maximum Gasteiger partial charge on any atom is 0.321 e. The number of fused-ring (bicyclic) bond motifs is 1. The first-order valence-electron chi connectivity index (χ1n) is 13.3. The van der Waals surface area contributed by atoms with Crippen LogP contribution < -0.4 is 10.1 Å². The number of piperidine rings is 2. The zero-order valence-corrected chi connectivity index (χ0v) is 21.4. The summed E-state index contributed by atoms with van der Waals surface area (Å²) in [6.45, 7) is 8.79. The van der Waals surface area contributed by atoms with Crippen LogP contribution in [0.4, 0.5) is 10.5 Å². The first-order valence-corrected chi connectivity index (χ1v) is 13.3. The van der Waals surface area contributed by atoms with Gasteiger partial charge >= 0.3 is 6.03 Å². The van der Waals surface area contributed by atoms with Crippen LogP contribution in [0, 0.1) is 0 Å². The van der Waals surface area contributed by atoms with Gasteiger partial charge in [0.2, 0.25) is 0 Å². The fourth-order valence-electron chi connectivity index (χ4n) is 5.37. The molecule has 0 aliphatic carbocycles. The van der Waals surface area contributed by atoms with E-state index >= 15 is 0 Å². The van der Waals surface area contributed by atoms with Gasteiger partial charge in [-0.2, -0.15) is 0 Å². The fraction of sp³-hybridized carbons (Fsp3) is 0.483. The van der Waals surface area contributed by atoms with E-state index in [4.69, 9.17) is 9.72 Å². The van der Waals surface area contributed by atoms with E-state index in [1.807, 2.05) is 43.0 Å². The molecule has 0 atom stereocenters. The number of hydrogen-bond acceptors (Lipinski definition) is 5. The Bertz CT molecular complexity index is 1170. The molecule has 2 aliphatic rings. The molecule has 3 heterocycles. The number of aromatic nitrogens is 2. The number of amides is 2. The maximum atomic E-state index is 12.9. The van der Waals surface area contributed by atoms with Gasteiger partial charge < -0.3 is 15.0 Å². The quantitative estimate of drug-likeness (QED) is 0.475. The molecule has 2 fully saturated rings. The molecule has 2 aliphatic heterocycles. The Morgan fingerprint density at radius 1 is 1.00 bits per heavy atom. The number of likely N-dealkylation sites (tertiary alicyclic amines) is 2. The second-order valence-corrected chi connectivity index (χ2v) is 10.3. The number of hydrogen-bond donors (Lipinski definition) is 1. The number of ether oxygens (including phenoxy) is 1. The zero-order valence-electron chi connectivity index (χ0n) is 21.4. The molecule has 2 aromatic carbocycles. The van der Waals surface area contributed by atoms with Gasteiger partial charge in [0.05, 0.1) is 17.3 Å². The molecule has 7 heteroatoms. The van der Waals surface area contributed by atoms with Crippen LogP contribution >= 0.6 is 0 Å². The topological polar surface area (TPSA) is 70.6 Å². The summed E-state index contributed by atoms with van der Waals surface area (Å²) < 4.78 is 5.68. The van der Waals surface area contributed by atoms with E-state index < -0.39 is 0 Å². The number of benzene rings is 2. The lowest BCUT2D eigenvalue weighted by Gasteiger charge is -2.32. The SMILES string of the molecule is CC(C)Oc1ccc(NC(=O)N2CCC(c3ncnc4ccc(CN5CCCCC5)cc34)CC2)cc1. The molecule has 2 amide bonds. The highest BCUT2D eigenvalue weighted by molar-refractivity contribution is 5.89. The largest absolute Gasteiger partial charge is 0.491 e. The predicted molar refractivity (Wildman–Crippen MR) is 143 cm³/mol. The average molecular weight is 488 g/mol. The highest BCUT2D eigenvalue weighted by Gasteiger charge is 2.26. The molecule has 3 aromatic rings. The van der Waals surface area contributed by atoms with E-state index in [9.17, 15) is 4.79 Å². The van der Waals surface area contributed by atoms with Gasteiger partial charge in [-0.3, -0.25) is 4.90 Å². The van der Waals surface area contributed by atoms with Crippen LogP contribution in [0.1, 0.15) is 63.1 Å². The molecule has 0 radical (unpaired) electrons. The summed E-state index contributed by atoms with van der Waals surface area (Å²) in [4.78, 5) is 26.6. The second-order valence-electron chi connectivity index (χ2n) is 10.3. The number of nitrogens with zero attached hydrogens (tertiary/aromatic N) is 4. The number of anilines is 1. The molecule has 0 saturated carbocycles. The summed E-state index contributed by atoms with van der Waals surface area (Å²) in [7, 11) is 0. The van der Waals surface area contributed by atoms with Crippen LogP contribution in [-0.2, 0) is 6.54 Å². The molecule has 0 spiro atoms. The zero-order chi connectivity index (χ0) is 24.9. The fourth-order valence-corrected chi connectivity index (χ4v) is 5.37. The second kappa shape index (κ2) is 11.2. The molecule has 5 rings (SSSR count). The minimum atomic E-state index is -0.0534. The first kappa shape index (κ1) is 24.5. The number of carbonyl (C=O) groups excluding carboxylic acids is 1. The monoisotopic (exact) mass is 487 g/mol. The van der Waals surface area contributed by atoms with Crippen LogP contribution in [0.3, 0.4) is 0 Å². The minimum absolute atomic E-state index is 0.0534. The van der Waals surface area contributed by atoms with Crippen molar-refractivity contribution >= 4 is 22.6 Å². The van der Waals surface area contributed by atoms with Crippen molar-refractivity contribution < 1.29 is 9.53 Å². The summed E-state index contributed by atoms with van der Waals surface area (Å²) in [6, 6.07) is 14.1. The smallest absolute Gasteiger partial charge is 0.321 e. The van der Waals surface area contributed by atoms with E-state index in [2.05, 4.69) is 33.4 Å². The average Bonchev–Trinajstić information content (AvgIpc) is 2.90. The van der Waals surface area contributed by atoms with Gasteiger partial charge in [0.15, 0.2) is 0 Å². The van der Waals surface area contributed by atoms with Crippen LogP contribution in [0.2, 0.25) is 0 Å². The van der Waals surface area contributed by atoms with Crippen LogP contribution in [0.5, 0.6) is 5.75 Å². The highest BCUT2D eigenvalue weighted by atomic mass is 16.5. The number of urea groups is 1. The third-order valence-corrected chi connectivity index (χ3v) is 7.23. The molecule has 0 bridgehead atoms. The van der Waals surface area contributed by atoms with Crippen molar-refractivity contribution in [1.82, 2.24) is 19.8 Å². The Kier molecular flexibility index (Phi) is 7.66. The Hall–Kier alpha value is -3.19. The highest BCUT2D eigenvalue weighted by Crippen LogP contribution is 2.32. The Labute approximate surface area is 213 Å². The summed E-state index contributed by atoms with van der Waals surface area (Å²) in [5.74, 6) is 1.14. The van der Waals surface area contributed by atoms with Crippen LogP contribution in [0.25, 0.3) is 10.9 Å². The third-order valence-electron chi connectivity index (χ3n) is 7.23. The molecule has 0 unspecified atom stereocenters. The maximum absolute atomic E-state index is 12.9. The molecule has 190 valence electrons. The van der Waals surface area contributed by atoms with Crippen molar-refractivity contribution in [2.75, 3.05) is 31.5 Å². The Morgan fingerprint density at radius 3 is 2.47 bits per heavy atom. The van der Waals surface area contributed by atoms with Crippen molar-refractivity contribution in [3.05, 3.63) is 60.0 Å². The molecular formula is C29H37N5O2. The lowest BCUT2D eigenvalue weighted by Crippen LogP contribution is -2.40. The lowest BCUT2D eigenvalue weighted by atomic mass is 9.90. The van der Waals surface area contributed by atoms with E-state index in [1.165, 1.54) is 43.3 Å². The van der Waals surface area contributed by atoms with Gasteiger partial charge in [-0.05, 0) is 94.6 Å². The first-order chi connectivity index (χ1) is 17.5. The minimum Gasteiger partial charge on any atom is -0.491 e. The molecule has 7 nitrogen and oxygen atoms in total. The number of nitrogens with one attached hydrogen (secondary N) is 1. The summed E-state index contributed by atoms with van der Waals surface area (Å²) >= 11 is 0. The van der Waals surface area contributed by atoms with E-state index in [0.717, 1.165) is 42.0 Å². The standard InChI is InChI=1S/C29H37N5O2/c1-21(2)36-25-9-7-24(8-10-25)32-29(35)34-16-12-23(13-17-34)28-26-18-22(6-11-27(26)30-20-31-28)19-33-14-4-3-5-15-33/h6-11,18,20-21,23H,3-5,12-17,19H2,1-2H3,(H,32,35). The third kappa shape index (κ3) is 5.95. The normalized spacial score (nSPS) is 17.5. The van der Waals surface area contributed by atoms with E-state index in [1.54, 1.807) is 6.33 Å². The summed E-state index contributed by atoms with van der Waals surface area (Å²) in [5.41, 5.74) is 4.25. The summed E-state index contributed by atoms with van der Waals surface area (Å²) in [5, 5.41) is 4.19. The van der Waals surface area contributed by atoms with Gasteiger partial charge in [-0.1, -0.05) is 12.5 Å². The molecular weight excluding hydrogens is 450 g/mol. The van der Waals surface area contributed by atoms with Crippen molar-refractivity contribution in [1.29, 1.82) is 0 Å². The molecule has 2 saturated heterocycles. The van der Waals surface area contributed by atoms with Crippen molar-refractivity contribution in [3.63, 3.8) is 0 Å². The lowest BCUT2D eigenvalue weighted by molar-refractivity contribution is 0.194. The van der Waals surface area contributed by atoms with Gasteiger partial charge in [-0.15, -0.1) is 0 Å². The van der Waals surface area contributed by atoms with E-state index in [-0.39, 0.29) is 12.1 Å². The number of carbonyl (C=O) groups is 1. The summed E-state index contributed by atoms with van der Waals surface area (Å²) in [6.07, 6.45) is 7.56. The van der Waals surface area contributed by atoms with Gasteiger partial charge in [0.25, 0.3) is 0 Å². The van der Waals surface area contributed by atoms with Gasteiger partial charge in [0.1, 0.15) is 12.1 Å². The van der Waals surface area contributed by atoms with Crippen LogP contribution in [0.15, 0.2) is 48.8 Å².